The van der Waals surface area contributed by atoms with Crippen LogP contribution < -0.4 is 10.1 Å². The Kier molecular flexibility index (Phi) is 8.43. The second-order valence-electron chi connectivity index (χ2n) is 8.80. The summed E-state index contributed by atoms with van der Waals surface area (Å²) in [4.78, 5) is 33.5. The van der Waals surface area contributed by atoms with Crippen LogP contribution in [0, 0.1) is 12.8 Å². The molecule has 8 nitrogen and oxygen atoms in total. The number of rotatable bonds is 8. The van der Waals surface area contributed by atoms with Gasteiger partial charge >= 0.3 is 12.1 Å². The number of aryl methyl sites for hydroxylation is 1. The molecular formula is C26H28ClN3O5S. The van der Waals surface area contributed by atoms with E-state index >= 15 is 0 Å². The number of alkyl carbamates (subject to hydrolysis) is 1. The highest BCUT2D eigenvalue weighted by molar-refractivity contribution is 7.19. The van der Waals surface area contributed by atoms with E-state index in [-0.39, 0.29) is 24.7 Å². The van der Waals surface area contributed by atoms with Crippen LogP contribution in [0.4, 0.5) is 4.79 Å². The number of nitrogens with one attached hydrogen (secondary N) is 1. The maximum absolute atomic E-state index is 12.4. The number of benzene rings is 1. The number of nitrogens with zero attached hydrogens (tertiary/aromatic N) is 2. The van der Waals surface area contributed by atoms with Crippen molar-refractivity contribution in [2.75, 3.05) is 0 Å². The van der Waals surface area contributed by atoms with E-state index in [9.17, 15) is 14.7 Å². The molecule has 0 unspecified atom stereocenters. The van der Waals surface area contributed by atoms with Crippen LogP contribution in [-0.4, -0.2) is 33.2 Å². The Labute approximate surface area is 218 Å². The maximum atomic E-state index is 12.4. The predicted molar refractivity (Wildman–Crippen MR) is 137 cm³/mol. The number of ether oxygens (including phenoxy) is 2. The van der Waals surface area contributed by atoms with E-state index in [1.807, 2.05) is 44.2 Å². The van der Waals surface area contributed by atoms with Crippen molar-refractivity contribution >= 4 is 35.0 Å². The van der Waals surface area contributed by atoms with Crippen molar-refractivity contribution in [3.63, 3.8) is 0 Å². The molecule has 0 bridgehead atoms. The van der Waals surface area contributed by atoms with Crippen molar-refractivity contribution in [3.8, 4) is 16.5 Å². The molecule has 1 aliphatic carbocycles. The summed E-state index contributed by atoms with van der Waals surface area (Å²) >= 11 is 7.61. The van der Waals surface area contributed by atoms with Gasteiger partial charge in [-0.2, -0.15) is 0 Å². The molecule has 3 aromatic rings. The Hall–Kier alpha value is -3.17. The van der Waals surface area contributed by atoms with Crippen LogP contribution in [-0.2, 0) is 16.1 Å². The van der Waals surface area contributed by atoms with Gasteiger partial charge in [0.2, 0.25) is 0 Å². The smallest absolute Gasteiger partial charge is 0.408 e. The minimum Gasteiger partial charge on any atom is -0.487 e. The van der Waals surface area contributed by atoms with Crippen LogP contribution in [0.5, 0.6) is 5.75 Å². The van der Waals surface area contributed by atoms with E-state index in [1.165, 1.54) is 11.3 Å². The molecule has 0 aliphatic heterocycles. The number of aromatic nitrogens is 2. The van der Waals surface area contributed by atoms with Crippen LogP contribution >= 0.6 is 22.9 Å². The zero-order chi connectivity index (χ0) is 25.7. The van der Waals surface area contributed by atoms with Gasteiger partial charge in [-0.3, -0.25) is 4.79 Å². The quantitative estimate of drug-likeness (QED) is 0.358. The third kappa shape index (κ3) is 6.53. The zero-order valence-corrected chi connectivity index (χ0v) is 21.6. The second kappa shape index (κ2) is 11.7. The largest absolute Gasteiger partial charge is 0.487 e. The van der Waals surface area contributed by atoms with Crippen molar-refractivity contribution in [2.24, 2.45) is 5.92 Å². The third-order valence-electron chi connectivity index (χ3n) is 6.16. The van der Waals surface area contributed by atoms with Crippen molar-refractivity contribution in [1.29, 1.82) is 0 Å². The standard InChI is InChI=1S/C26H28ClN3O5S/c1-15-21(35-20-10-6-9-18(11-20)25(31)32)14-28-24(30-15)23-19(12-22(27)36-23)13-29-26(33)34-16(2)17-7-4-3-5-8-17/h3-5,7-8,12,14,16,18,20H,6,9-11,13H2,1-2H3,(H,29,33)(H,31,32)/t16-,18+,20+/m1/s1. The normalized spacial score (nSPS) is 18.3. The molecule has 1 aromatic carbocycles. The first kappa shape index (κ1) is 25.9. The predicted octanol–water partition coefficient (Wildman–Crippen LogP) is 6.18. The highest BCUT2D eigenvalue weighted by atomic mass is 35.5. The van der Waals surface area contributed by atoms with Crippen molar-refractivity contribution in [1.82, 2.24) is 15.3 Å². The minimum absolute atomic E-state index is 0.173. The van der Waals surface area contributed by atoms with E-state index < -0.39 is 12.1 Å². The topological polar surface area (TPSA) is 111 Å². The van der Waals surface area contributed by atoms with Gasteiger partial charge in [0.05, 0.1) is 33.1 Å². The molecule has 3 atom stereocenters. The summed E-state index contributed by atoms with van der Waals surface area (Å²) in [6.07, 6.45) is 3.30. The molecule has 2 aromatic heterocycles. The van der Waals surface area contributed by atoms with Crippen LogP contribution in [0.2, 0.25) is 4.34 Å². The number of hydrogen-bond acceptors (Lipinski definition) is 7. The van der Waals surface area contributed by atoms with E-state index in [0.29, 0.717) is 34.4 Å². The molecule has 1 fully saturated rings. The number of amides is 1. The Morgan fingerprint density at radius 1 is 1.28 bits per heavy atom. The lowest BCUT2D eigenvalue weighted by atomic mass is 9.87. The molecule has 0 radical (unpaired) electrons. The van der Waals surface area contributed by atoms with Crippen LogP contribution in [0.1, 0.15) is 55.5 Å². The van der Waals surface area contributed by atoms with Gasteiger partial charge in [0.25, 0.3) is 0 Å². The summed E-state index contributed by atoms with van der Waals surface area (Å²) in [6, 6.07) is 11.3. The summed E-state index contributed by atoms with van der Waals surface area (Å²) < 4.78 is 12.1. The molecular weight excluding hydrogens is 502 g/mol. The number of carbonyl (C=O) groups excluding carboxylic acids is 1. The number of aliphatic carboxylic acids is 1. The SMILES string of the molecule is Cc1nc(-c2sc(Cl)cc2CNC(=O)O[C@H](C)c2ccccc2)ncc1O[C@H]1CCC[C@H](C(=O)O)C1. The molecule has 2 N–H and O–H groups in total. The number of thiophene rings is 1. The molecule has 190 valence electrons. The summed E-state index contributed by atoms with van der Waals surface area (Å²) in [5.74, 6) is -0.141. The van der Waals surface area contributed by atoms with E-state index in [4.69, 9.17) is 21.1 Å². The van der Waals surface area contributed by atoms with E-state index in [2.05, 4.69) is 15.3 Å². The van der Waals surface area contributed by atoms with Crippen LogP contribution in [0.3, 0.4) is 0 Å². The van der Waals surface area contributed by atoms with E-state index in [0.717, 1.165) is 28.8 Å². The van der Waals surface area contributed by atoms with Gasteiger partial charge in [0.1, 0.15) is 6.10 Å². The molecule has 36 heavy (non-hydrogen) atoms. The first-order valence-electron chi connectivity index (χ1n) is 11.8. The molecule has 0 saturated heterocycles. The van der Waals surface area contributed by atoms with Crippen molar-refractivity contribution in [2.45, 2.75) is 58.3 Å². The molecule has 1 amide bonds. The molecule has 1 aliphatic rings. The van der Waals surface area contributed by atoms with E-state index in [1.54, 1.807) is 12.3 Å². The molecule has 0 spiro atoms. The van der Waals surface area contributed by atoms with Gasteiger partial charge in [0.15, 0.2) is 11.6 Å². The zero-order valence-electron chi connectivity index (χ0n) is 20.1. The summed E-state index contributed by atoms with van der Waals surface area (Å²) in [7, 11) is 0. The minimum atomic E-state index is -0.777. The Morgan fingerprint density at radius 3 is 2.78 bits per heavy atom. The highest BCUT2D eigenvalue weighted by Gasteiger charge is 2.28. The molecule has 2 heterocycles. The first-order valence-corrected chi connectivity index (χ1v) is 13.0. The number of hydrogen-bond donors (Lipinski definition) is 2. The summed E-state index contributed by atoms with van der Waals surface area (Å²) in [5, 5.41) is 12.1. The number of carboxylic acids is 1. The van der Waals surface area contributed by atoms with Gasteiger partial charge in [0, 0.05) is 6.54 Å². The first-order chi connectivity index (χ1) is 17.3. The molecule has 1 saturated carbocycles. The Balaban J connectivity index is 1.40. The number of halogens is 1. The maximum Gasteiger partial charge on any atom is 0.408 e. The second-order valence-corrected chi connectivity index (χ2v) is 10.5. The average molecular weight is 530 g/mol. The van der Waals surface area contributed by atoms with Gasteiger partial charge < -0.3 is 19.9 Å². The van der Waals surface area contributed by atoms with Gasteiger partial charge in [-0.1, -0.05) is 41.9 Å². The Bertz CT molecular complexity index is 1220. The summed E-state index contributed by atoms with van der Waals surface area (Å²) in [6.45, 7) is 3.85. The Morgan fingerprint density at radius 2 is 2.06 bits per heavy atom. The highest BCUT2D eigenvalue weighted by Crippen LogP contribution is 2.35. The van der Waals surface area contributed by atoms with Gasteiger partial charge in [-0.05, 0) is 56.7 Å². The lowest BCUT2D eigenvalue weighted by Crippen LogP contribution is -2.29. The van der Waals surface area contributed by atoms with Gasteiger partial charge in [-0.25, -0.2) is 14.8 Å². The monoisotopic (exact) mass is 529 g/mol. The fourth-order valence-electron chi connectivity index (χ4n) is 4.21. The van der Waals surface area contributed by atoms with Crippen molar-refractivity contribution < 1.29 is 24.2 Å². The lowest BCUT2D eigenvalue weighted by Gasteiger charge is -2.27. The third-order valence-corrected chi connectivity index (χ3v) is 7.46. The van der Waals surface area contributed by atoms with Crippen LogP contribution in [0.25, 0.3) is 10.7 Å². The van der Waals surface area contributed by atoms with Gasteiger partial charge in [-0.15, -0.1) is 11.3 Å². The fraction of sp³-hybridized carbons (Fsp3) is 0.385. The average Bonchev–Trinajstić information content (AvgIpc) is 3.25. The number of carboxylic acid groups (broad SMARTS) is 1. The number of carbonyl (C=O) groups is 2. The molecule has 10 heteroatoms. The van der Waals surface area contributed by atoms with Crippen molar-refractivity contribution in [3.05, 3.63) is 63.8 Å². The van der Waals surface area contributed by atoms with Crippen LogP contribution in [0.15, 0.2) is 42.6 Å². The lowest BCUT2D eigenvalue weighted by molar-refractivity contribution is -0.143. The summed E-state index contributed by atoms with van der Waals surface area (Å²) in [5.41, 5.74) is 2.33. The molecule has 4 rings (SSSR count). The fourth-order valence-corrected chi connectivity index (χ4v) is 5.43.